The number of carboxylic acid groups (broad SMARTS) is 1. The minimum atomic E-state index is -0.732. The van der Waals surface area contributed by atoms with Crippen molar-refractivity contribution in [3.63, 3.8) is 0 Å². The van der Waals surface area contributed by atoms with Crippen LogP contribution in [0.15, 0.2) is 12.2 Å². The Morgan fingerprint density at radius 3 is 2.68 bits per heavy atom. The lowest BCUT2D eigenvalue weighted by Gasteiger charge is -2.27. The van der Waals surface area contributed by atoms with Crippen LogP contribution in [0.2, 0.25) is 0 Å². The molecule has 0 aromatic heterocycles. The van der Waals surface area contributed by atoms with Gasteiger partial charge in [-0.2, -0.15) is 0 Å². The largest absolute Gasteiger partial charge is 0.481 e. The number of rotatable bonds is 12. The molecule has 4 atom stereocenters. The molecule has 0 spiro atoms. The molecule has 2 bridgehead atoms. The van der Waals surface area contributed by atoms with Crippen molar-refractivity contribution < 1.29 is 19.4 Å². The van der Waals surface area contributed by atoms with Crippen molar-refractivity contribution >= 4 is 11.9 Å². The van der Waals surface area contributed by atoms with Crippen LogP contribution in [-0.2, 0) is 14.3 Å². The van der Waals surface area contributed by atoms with E-state index in [4.69, 9.17) is 9.84 Å². The fourth-order valence-electron chi connectivity index (χ4n) is 3.90. The summed E-state index contributed by atoms with van der Waals surface area (Å²) in [6, 6.07) is 0. The molecule has 6 nitrogen and oxygen atoms in total. The molecule has 2 aliphatic heterocycles. The summed E-state index contributed by atoms with van der Waals surface area (Å²) in [4.78, 5) is 22.2. The summed E-state index contributed by atoms with van der Waals surface area (Å²) >= 11 is 0. The van der Waals surface area contributed by atoms with Crippen molar-refractivity contribution in [3.8, 4) is 0 Å². The number of aliphatic carboxylic acids is 1. The van der Waals surface area contributed by atoms with Crippen molar-refractivity contribution in [1.82, 2.24) is 10.6 Å². The second-order valence-corrected chi connectivity index (χ2v) is 7.09. The Balaban J connectivity index is 1.70. The van der Waals surface area contributed by atoms with Gasteiger partial charge in [0.2, 0.25) is 5.91 Å². The van der Waals surface area contributed by atoms with Gasteiger partial charge in [-0.3, -0.25) is 9.59 Å². The number of hydrogen-bond donors (Lipinski definition) is 3. The van der Waals surface area contributed by atoms with Gasteiger partial charge < -0.3 is 20.5 Å². The van der Waals surface area contributed by atoms with Crippen molar-refractivity contribution in [2.45, 2.75) is 64.1 Å². The Kier molecular flexibility index (Phi) is 8.41. The molecule has 6 heteroatoms. The minimum absolute atomic E-state index is 0.0563. The number of nitrogens with one attached hydrogen (secondary N) is 2. The molecular weight excluding hydrogens is 320 g/mol. The highest BCUT2D eigenvalue weighted by atomic mass is 16.5. The molecule has 0 unspecified atom stereocenters. The van der Waals surface area contributed by atoms with Crippen LogP contribution in [0.5, 0.6) is 0 Å². The number of ether oxygens (including phenoxy) is 1. The van der Waals surface area contributed by atoms with Crippen LogP contribution in [-0.4, -0.2) is 48.8 Å². The number of amides is 1. The fraction of sp³-hybridized carbons (Fsp3) is 0.789. The summed E-state index contributed by atoms with van der Waals surface area (Å²) in [5, 5.41) is 14.8. The van der Waals surface area contributed by atoms with Gasteiger partial charge >= 0.3 is 5.97 Å². The Labute approximate surface area is 150 Å². The van der Waals surface area contributed by atoms with Gasteiger partial charge in [0, 0.05) is 25.4 Å². The van der Waals surface area contributed by atoms with Crippen molar-refractivity contribution in [3.05, 3.63) is 12.2 Å². The van der Waals surface area contributed by atoms with Gasteiger partial charge in [0.1, 0.15) is 0 Å². The van der Waals surface area contributed by atoms with E-state index in [0.29, 0.717) is 37.0 Å². The van der Waals surface area contributed by atoms with Crippen LogP contribution in [0.3, 0.4) is 0 Å². The summed E-state index contributed by atoms with van der Waals surface area (Å²) < 4.78 is 6.08. The zero-order chi connectivity index (χ0) is 18.1. The maximum Gasteiger partial charge on any atom is 0.303 e. The normalized spacial score (nSPS) is 27.9. The Morgan fingerprint density at radius 1 is 1.20 bits per heavy atom. The highest BCUT2D eigenvalue weighted by Gasteiger charge is 2.47. The predicted molar refractivity (Wildman–Crippen MR) is 96.3 cm³/mol. The molecule has 2 saturated heterocycles. The van der Waals surface area contributed by atoms with Crippen LogP contribution < -0.4 is 10.6 Å². The molecule has 2 aliphatic rings. The maximum absolute atomic E-state index is 11.7. The van der Waals surface area contributed by atoms with Crippen LogP contribution in [0.1, 0.15) is 51.9 Å². The van der Waals surface area contributed by atoms with Gasteiger partial charge in [0.15, 0.2) is 0 Å². The molecule has 2 heterocycles. The molecule has 0 aromatic carbocycles. The van der Waals surface area contributed by atoms with Gasteiger partial charge in [-0.05, 0) is 44.4 Å². The fourth-order valence-corrected chi connectivity index (χ4v) is 3.90. The lowest BCUT2D eigenvalue weighted by Crippen LogP contribution is -2.40. The van der Waals surface area contributed by atoms with E-state index >= 15 is 0 Å². The SMILES string of the molecule is CCCNC(=O)CNC[C@H]1[C@@H](C/C=C\CCCC(=O)O)[C@H]2CC[C@@H]1O2. The summed E-state index contributed by atoms with van der Waals surface area (Å²) in [5.74, 6) is 0.284. The standard InChI is InChI=1S/C19H32N2O4/c1-2-11-21-18(22)13-20-12-15-14(16-9-10-17(15)25-16)7-5-3-4-6-8-19(23)24/h3,5,14-17,20H,2,4,6-13H2,1H3,(H,21,22)(H,23,24)/b5-3-/t14-,15+,16-,17+/m1/s1. The van der Waals surface area contributed by atoms with E-state index in [0.717, 1.165) is 45.2 Å². The summed E-state index contributed by atoms with van der Waals surface area (Å²) in [6.07, 6.45) is 10.9. The first kappa shape index (κ1) is 19.9. The monoisotopic (exact) mass is 352 g/mol. The third-order valence-corrected chi connectivity index (χ3v) is 5.16. The van der Waals surface area contributed by atoms with Crippen molar-refractivity contribution in [2.75, 3.05) is 19.6 Å². The number of carbonyl (C=O) groups excluding carboxylic acids is 1. The molecular formula is C19H32N2O4. The highest BCUT2D eigenvalue weighted by Crippen LogP contribution is 2.44. The van der Waals surface area contributed by atoms with E-state index < -0.39 is 5.97 Å². The summed E-state index contributed by atoms with van der Waals surface area (Å²) in [5.41, 5.74) is 0. The van der Waals surface area contributed by atoms with Gasteiger partial charge in [-0.25, -0.2) is 0 Å². The lowest BCUT2D eigenvalue weighted by atomic mass is 9.77. The molecule has 0 aliphatic carbocycles. The molecule has 0 aromatic rings. The quantitative estimate of drug-likeness (QED) is 0.370. The van der Waals surface area contributed by atoms with Crippen LogP contribution in [0.25, 0.3) is 0 Å². The number of unbranched alkanes of at least 4 members (excludes halogenated alkanes) is 1. The molecule has 0 saturated carbocycles. The van der Waals surface area contributed by atoms with Crippen LogP contribution >= 0.6 is 0 Å². The maximum atomic E-state index is 11.7. The zero-order valence-corrected chi connectivity index (χ0v) is 15.2. The summed E-state index contributed by atoms with van der Waals surface area (Å²) in [7, 11) is 0. The zero-order valence-electron chi connectivity index (χ0n) is 15.2. The Hall–Kier alpha value is -1.40. The molecule has 142 valence electrons. The van der Waals surface area contributed by atoms with Gasteiger partial charge in [0.05, 0.1) is 18.8 Å². The number of carboxylic acids is 1. The second-order valence-electron chi connectivity index (χ2n) is 7.09. The summed E-state index contributed by atoms with van der Waals surface area (Å²) in [6.45, 7) is 3.96. The van der Waals surface area contributed by atoms with E-state index in [2.05, 4.69) is 22.8 Å². The molecule has 2 rings (SSSR count). The second kappa shape index (κ2) is 10.6. The van der Waals surface area contributed by atoms with Crippen molar-refractivity contribution in [2.24, 2.45) is 11.8 Å². The third-order valence-electron chi connectivity index (χ3n) is 5.16. The van der Waals surface area contributed by atoms with Gasteiger partial charge in [-0.15, -0.1) is 0 Å². The van der Waals surface area contributed by atoms with Crippen LogP contribution in [0, 0.1) is 11.8 Å². The first-order valence-electron chi connectivity index (χ1n) is 9.61. The first-order chi connectivity index (χ1) is 12.1. The number of fused-ring (bicyclic) bond motifs is 2. The molecule has 3 N–H and O–H groups in total. The Bertz CT molecular complexity index is 466. The number of allylic oxidation sites excluding steroid dienone is 2. The third kappa shape index (κ3) is 6.44. The van der Waals surface area contributed by atoms with E-state index in [1.54, 1.807) is 0 Å². The van der Waals surface area contributed by atoms with Crippen LogP contribution in [0.4, 0.5) is 0 Å². The van der Waals surface area contributed by atoms with E-state index in [1.807, 2.05) is 6.92 Å². The molecule has 0 radical (unpaired) electrons. The average molecular weight is 352 g/mol. The smallest absolute Gasteiger partial charge is 0.303 e. The van der Waals surface area contributed by atoms with Gasteiger partial charge in [-0.1, -0.05) is 19.1 Å². The topological polar surface area (TPSA) is 87.7 Å². The minimum Gasteiger partial charge on any atom is -0.481 e. The predicted octanol–water partition coefficient (Wildman–Crippen LogP) is 2.10. The average Bonchev–Trinajstić information content (AvgIpc) is 3.18. The van der Waals surface area contributed by atoms with E-state index in [9.17, 15) is 9.59 Å². The first-order valence-corrected chi connectivity index (χ1v) is 9.61. The van der Waals surface area contributed by atoms with E-state index in [1.165, 1.54) is 0 Å². The van der Waals surface area contributed by atoms with Gasteiger partial charge in [0.25, 0.3) is 0 Å². The Morgan fingerprint density at radius 2 is 1.96 bits per heavy atom. The number of carbonyl (C=O) groups is 2. The number of hydrogen-bond acceptors (Lipinski definition) is 4. The highest BCUT2D eigenvalue weighted by molar-refractivity contribution is 5.77. The molecule has 1 amide bonds. The molecule has 25 heavy (non-hydrogen) atoms. The van der Waals surface area contributed by atoms with Crippen molar-refractivity contribution in [1.29, 1.82) is 0 Å². The van der Waals surface area contributed by atoms with E-state index in [-0.39, 0.29) is 12.3 Å². The molecule has 2 fully saturated rings. The lowest BCUT2D eigenvalue weighted by molar-refractivity contribution is -0.137.